The predicted molar refractivity (Wildman–Crippen MR) is 106 cm³/mol. The molecule has 0 aliphatic carbocycles. The number of nitrogens with one attached hydrogen (secondary N) is 2. The minimum atomic E-state index is -0.123. The number of rotatable bonds is 5. The van der Waals surface area contributed by atoms with Gasteiger partial charge in [0.25, 0.3) is 5.91 Å². The maximum Gasteiger partial charge on any atom is 0.251 e. The number of para-hydroxylation sites is 2. The highest BCUT2D eigenvalue weighted by molar-refractivity contribution is 5.94. The van der Waals surface area contributed by atoms with E-state index in [1.807, 2.05) is 48.5 Å². The number of aromatic amines is 1. The van der Waals surface area contributed by atoms with Crippen LogP contribution in [0.2, 0.25) is 0 Å². The predicted octanol–water partition coefficient (Wildman–Crippen LogP) is 5.13. The molecule has 0 aliphatic rings. The van der Waals surface area contributed by atoms with Crippen LogP contribution in [0.1, 0.15) is 68.3 Å². The number of nitrogens with zero attached hydrogens (tertiary/aromatic N) is 1. The lowest BCUT2D eigenvalue weighted by Gasteiger charge is -2.20. The zero-order valence-electron chi connectivity index (χ0n) is 16.0. The number of H-pyrrole nitrogens is 1. The smallest absolute Gasteiger partial charge is 0.251 e. The molecular weight excluding hydrogens is 322 g/mol. The van der Waals surface area contributed by atoms with Gasteiger partial charge in [0.15, 0.2) is 0 Å². The van der Waals surface area contributed by atoms with Gasteiger partial charge in [0.2, 0.25) is 0 Å². The van der Waals surface area contributed by atoms with Gasteiger partial charge in [-0.1, -0.05) is 58.4 Å². The molecule has 2 N–H and O–H groups in total. The Morgan fingerprint density at radius 2 is 1.81 bits per heavy atom. The Balaban J connectivity index is 1.80. The zero-order chi connectivity index (χ0) is 18.7. The van der Waals surface area contributed by atoms with Crippen LogP contribution in [0.25, 0.3) is 11.0 Å². The molecule has 0 fully saturated rings. The van der Waals surface area contributed by atoms with Gasteiger partial charge in [-0.3, -0.25) is 4.79 Å². The van der Waals surface area contributed by atoms with Crippen LogP contribution in [0.4, 0.5) is 0 Å². The first-order chi connectivity index (χ1) is 12.4. The van der Waals surface area contributed by atoms with Gasteiger partial charge < -0.3 is 10.3 Å². The van der Waals surface area contributed by atoms with Crippen molar-refractivity contribution in [2.75, 3.05) is 0 Å². The number of imidazole rings is 1. The van der Waals surface area contributed by atoms with Crippen molar-refractivity contribution in [1.82, 2.24) is 15.3 Å². The summed E-state index contributed by atoms with van der Waals surface area (Å²) in [6.07, 6.45) is 1.80. The molecule has 3 aromatic rings. The Morgan fingerprint density at radius 3 is 2.42 bits per heavy atom. The lowest BCUT2D eigenvalue weighted by molar-refractivity contribution is 0.0932. The Morgan fingerprint density at radius 1 is 1.12 bits per heavy atom. The second kappa shape index (κ2) is 7.32. The van der Waals surface area contributed by atoms with E-state index in [1.165, 1.54) is 5.56 Å². The van der Waals surface area contributed by atoms with Gasteiger partial charge in [-0.25, -0.2) is 4.98 Å². The van der Waals surface area contributed by atoms with Gasteiger partial charge in [0.1, 0.15) is 5.82 Å². The van der Waals surface area contributed by atoms with Gasteiger partial charge >= 0.3 is 0 Å². The van der Waals surface area contributed by atoms with E-state index >= 15 is 0 Å². The molecule has 0 saturated carbocycles. The third-order valence-electron chi connectivity index (χ3n) is 4.63. The molecule has 0 radical (unpaired) electrons. The first-order valence-corrected chi connectivity index (χ1v) is 9.24. The van der Waals surface area contributed by atoms with E-state index in [9.17, 15) is 4.79 Å². The second-order valence-electron chi connectivity index (χ2n) is 7.78. The van der Waals surface area contributed by atoms with E-state index < -0.39 is 0 Å². The molecule has 26 heavy (non-hydrogen) atoms. The average Bonchev–Trinajstić information content (AvgIpc) is 3.04. The number of hydrogen-bond acceptors (Lipinski definition) is 2. The molecule has 0 saturated heterocycles. The molecule has 2 aromatic carbocycles. The van der Waals surface area contributed by atoms with Crippen LogP contribution in [-0.4, -0.2) is 15.9 Å². The molecule has 1 aromatic heterocycles. The summed E-state index contributed by atoms with van der Waals surface area (Å²) in [4.78, 5) is 20.7. The zero-order valence-corrected chi connectivity index (χ0v) is 16.0. The third kappa shape index (κ3) is 3.96. The minimum absolute atomic E-state index is 0.0654. The summed E-state index contributed by atoms with van der Waals surface area (Å²) < 4.78 is 0. The number of hydrogen-bond donors (Lipinski definition) is 2. The second-order valence-corrected chi connectivity index (χ2v) is 7.78. The number of carbonyl (C=O) groups is 1. The summed E-state index contributed by atoms with van der Waals surface area (Å²) in [6, 6.07) is 15.7. The fourth-order valence-corrected chi connectivity index (χ4v) is 3.07. The Labute approximate surface area is 155 Å². The fraction of sp³-hybridized carbons (Fsp3) is 0.364. The SMILES string of the molecule is CCCC(NC(=O)c1ccc(C(C)(C)C)cc1)c1nc2ccccc2[nH]1. The summed E-state index contributed by atoms with van der Waals surface area (Å²) in [6.45, 7) is 8.61. The largest absolute Gasteiger partial charge is 0.342 e. The van der Waals surface area contributed by atoms with Crippen molar-refractivity contribution < 1.29 is 4.79 Å². The van der Waals surface area contributed by atoms with Crippen molar-refractivity contribution in [1.29, 1.82) is 0 Å². The molecular formula is C22H27N3O. The van der Waals surface area contributed by atoms with Crippen LogP contribution in [0.5, 0.6) is 0 Å². The minimum Gasteiger partial charge on any atom is -0.342 e. The maximum atomic E-state index is 12.7. The van der Waals surface area contributed by atoms with Gasteiger partial charge in [-0.05, 0) is 41.7 Å². The van der Waals surface area contributed by atoms with Crippen LogP contribution in [0, 0.1) is 0 Å². The monoisotopic (exact) mass is 349 g/mol. The van der Waals surface area contributed by atoms with E-state index in [4.69, 9.17) is 0 Å². The van der Waals surface area contributed by atoms with Crippen LogP contribution in [-0.2, 0) is 5.41 Å². The summed E-state index contributed by atoms with van der Waals surface area (Å²) in [5.74, 6) is 0.747. The molecule has 3 rings (SSSR count). The fourth-order valence-electron chi connectivity index (χ4n) is 3.07. The number of aromatic nitrogens is 2. The van der Waals surface area contributed by atoms with Crippen LogP contribution < -0.4 is 5.32 Å². The summed E-state index contributed by atoms with van der Waals surface area (Å²) in [7, 11) is 0. The first kappa shape index (κ1) is 18.2. The molecule has 1 atom stereocenters. The van der Waals surface area contributed by atoms with Crippen molar-refractivity contribution in [2.45, 2.75) is 52.0 Å². The summed E-state index contributed by atoms with van der Waals surface area (Å²) >= 11 is 0. The standard InChI is InChI=1S/C22H27N3O/c1-5-8-19(20-23-17-9-6-7-10-18(17)24-20)25-21(26)15-11-13-16(14-12-15)22(2,3)4/h6-7,9-14,19H,5,8H2,1-4H3,(H,23,24)(H,25,26). The van der Waals surface area contributed by atoms with Crippen LogP contribution in [0.15, 0.2) is 48.5 Å². The van der Waals surface area contributed by atoms with Gasteiger partial charge in [0.05, 0.1) is 17.1 Å². The molecule has 4 nitrogen and oxygen atoms in total. The van der Waals surface area contributed by atoms with E-state index in [1.54, 1.807) is 0 Å². The molecule has 0 aliphatic heterocycles. The van der Waals surface area contributed by atoms with Crippen molar-refractivity contribution in [3.05, 3.63) is 65.5 Å². The van der Waals surface area contributed by atoms with Crippen molar-refractivity contribution in [3.8, 4) is 0 Å². The van der Waals surface area contributed by atoms with E-state index in [0.29, 0.717) is 5.56 Å². The third-order valence-corrected chi connectivity index (χ3v) is 4.63. The number of fused-ring (bicyclic) bond motifs is 1. The molecule has 1 heterocycles. The summed E-state index contributed by atoms with van der Waals surface area (Å²) in [5.41, 5.74) is 3.89. The van der Waals surface area contributed by atoms with Crippen LogP contribution in [0.3, 0.4) is 0 Å². The highest BCUT2D eigenvalue weighted by Gasteiger charge is 2.19. The molecule has 1 amide bonds. The first-order valence-electron chi connectivity index (χ1n) is 9.24. The Kier molecular flexibility index (Phi) is 5.12. The quantitative estimate of drug-likeness (QED) is 0.671. The summed E-state index contributed by atoms with van der Waals surface area (Å²) in [5, 5.41) is 3.14. The highest BCUT2D eigenvalue weighted by Crippen LogP contribution is 2.23. The lowest BCUT2D eigenvalue weighted by Crippen LogP contribution is -2.29. The van der Waals surface area contributed by atoms with Gasteiger partial charge in [0, 0.05) is 5.56 Å². The maximum absolute atomic E-state index is 12.7. The van der Waals surface area contributed by atoms with E-state index in [2.05, 4.69) is 43.0 Å². The topological polar surface area (TPSA) is 57.8 Å². The molecule has 1 unspecified atom stereocenters. The average molecular weight is 349 g/mol. The van der Waals surface area contributed by atoms with Gasteiger partial charge in [-0.15, -0.1) is 0 Å². The highest BCUT2D eigenvalue weighted by atomic mass is 16.1. The molecule has 4 heteroatoms. The lowest BCUT2D eigenvalue weighted by atomic mass is 9.86. The number of amides is 1. The van der Waals surface area contributed by atoms with Crippen molar-refractivity contribution in [3.63, 3.8) is 0 Å². The van der Waals surface area contributed by atoms with E-state index in [0.717, 1.165) is 29.7 Å². The molecule has 136 valence electrons. The number of benzene rings is 2. The Bertz CT molecular complexity index is 855. The van der Waals surface area contributed by atoms with E-state index in [-0.39, 0.29) is 17.4 Å². The molecule has 0 spiro atoms. The van der Waals surface area contributed by atoms with Crippen molar-refractivity contribution >= 4 is 16.9 Å². The number of carbonyl (C=O) groups excluding carboxylic acids is 1. The normalized spacial score (nSPS) is 12.9. The Hall–Kier alpha value is -2.62. The van der Waals surface area contributed by atoms with Crippen molar-refractivity contribution in [2.24, 2.45) is 0 Å². The molecule has 0 bridgehead atoms. The van der Waals surface area contributed by atoms with Gasteiger partial charge in [-0.2, -0.15) is 0 Å². The van der Waals surface area contributed by atoms with Crippen LogP contribution >= 0.6 is 0 Å².